The summed E-state index contributed by atoms with van der Waals surface area (Å²) in [7, 11) is 0. The van der Waals surface area contributed by atoms with Crippen LogP contribution in [0.25, 0.3) is 0 Å². The molecule has 0 spiro atoms. The second kappa shape index (κ2) is 8.81. The van der Waals surface area contributed by atoms with Crippen molar-refractivity contribution in [2.75, 3.05) is 31.9 Å². The van der Waals surface area contributed by atoms with Crippen LogP contribution in [-0.2, 0) is 19.6 Å². The Labute approximate surface area is 182 Å². The lowest BCUT2D eigenvalue weighted by molar-refractivity contribution is 0.114. The Kier molecular flexibility index (Phi) is 5.94. The van der Waals surface area contributed by atoms with Crippen LogP contribution in [0, 0.1) is 5.92 Å². The SMILES string of the molecule is CCSc1ncc(CN2C[C@@H]3C[C@H](C2)c2ccc(CN4CCCC4)c(=O)n2C3)cn1. The van der Waals surface area contributed by atoms with E-state index in [4.69, 9.17) is 0 Å². The molecule has 0 aromatic carbocycles. The Morgan fingerprint density at radius 2 is 1.83 bits per heavy atom. The Bertz CT molecular complexity index is 938. The van der Waals surface area contributed by atoms with Crippen molar-refractivity contribution >= 4 is 11.8 Å². The van der Waals surface area contributed by atoms with Gasteiger partial charge in [0.2, 0.25) is 0 Å². The second-order valence-corrected chi connectivity index (χ2v) is 10.2. The molecule has 2 fully saturated rings. The second-order valence-electron chi connectivity index (χ2n) is 8.98. The average molecular weight is 426 g/mol. The molecular weight excluding hydrogens is 394 g/mol. The van der Waals surface area contributed by atoms with Gasteiger partial charge in [-0.2, -0.15) is 0 Å². The third-order valence-corrected chi connectivity index (χ3v) is 7.47. The number of hydrogen-bond acceptors (Lipinski definition) is 6. The van der Waals surface area contributed by atoms with Gasteiger partial charge in [-0.05, 0) is 50.1 Å². The van der Waals surface area contributed by atoms with Gasteiger partial charge in [-0.15, -0.1) is 0 Å². The van der Waals surface area contributed by atoms with E-state index in [0.717, 1.165) is 62.3 Å². The summed E-state index contributed by atoms with van der Waals surface area (Å²) in [5.74, 6) is 1.99. The highest BCUT2D eigenvalue weighted by molar-refractivity contribution is 7.99. The number of hydrogen-bond donors (Lipinski definition) is 0. The number of thioether (sulfide) groups is 1. The van der Waals surface area contributed by atoms with Gasteiger partial charge < -0.3 is 4.57 Å². The molecule has 0 radical (unpaired) electrons. The third kappa shape index (κ3) is 4.20. The van der Waals surface area contributed by atoms with Gasteiger partial charge in [-0.1, -0.05) is 24.8 Å². The predicted molar refractivity (Wildman–Crippen MR) is 120 cm³/mol. The van der Waals surface area contributed by atoms with Gasteiger partial charge in [0, 0.05) is 67.9 Å². The Hall–Kier alpha value is -1.70. The molecule has 0 unspecified atom stereocenters. The van der Waals surface area contributed by atoms with Gasteiger partial charge in [-0.25, -0.2) is 9.97 Å². The van der Waals surface area contributed by atoms with Crippen LogP contribution in [0.5, 0.6) is 0 Å². The summed E-state index contributed by atoms with van der Waals surface area (Å²) >= 11 is 1.68. The molecule has 0 saturated carbocycles. The first-order valence-electron chi connectivity index (χ1n) is 11.3. The molecule has 0 N–H and O–H groups in total. The molecule has 6 nitrogen and oxygen atoms in total. The fourth-order valence-electron chi connectivity index (χ4n) is 5.41. The molecular formula is C23H31N5OS. The summed E-state index contributed by atoms with van der Waals surface area (Å²) in [4.78, 5) is 27.1. The van der Waals surface area contributed by atoms with Crippen molar-refractivity contribution in [3.05, 3.63) is 51.7 Å². The van der Waals surface area contributed by atoms with E-state index in [1.165, 1.54) is 30.5 Å². The first-order valence-corrected chi connectivity index (χ1v) is 12.3. The third-order valence-electron chi connectivity index (χ3n) is 6.71. The van der Waals surface area contributed by atoms with Crippen LogP contribution in [0.2, 0.25) is 0 Å². The largest absolute Gasteiger partial charge is 0.312 e. The lowest BCUT2D eigenvalue weighted by Crippen LogP contribution is -2.47. The first kappa shape index (κ1) is 20.2. The predicted octanol–water partition coefficient (Wildman–Crippen LogP) is 2.97. The minimum absolute atomic E-state index is 0.250. The minimum Gasteiger partial charge on any atom is -0.312 e. The van der Waals surface area contributed by atoms with Crippen molar-refractivity contribution in [2.24, 2.45) is 5.92 Å². The van der Waals surface area contributed by atoms with E-state index in [2.05, 4.69) is 43.4 Å². The van der Waals surface area contributed by atoms with Gasteiger partial charge in [0.25, 0.3) is 5.56 Å². The highest BCUT2D eigenvalue weighted by Gasteiger charge is 2.35. The highest BCUT2D eigenvalue weighted by Crippen LogP contribution is 2.35. The van der Waals surface area contributed by atoms with E-state index >= 15 is 0 Å². The molecule has 5 heterocycles. The lowest BCUT2D eigenvalue weighted by atomic mass is 9.83. The van der Waals surface area contributed by atoms with E-state index in [9.17, 15) is 4.79 Å². The number of aromatic nitrogens is 3. The summed E-state index contributed by atoms with van der Waals surface area (Å²) in [5, 5.41) is 0.856. The zero-order valence-corrected chi connectivity index (χ0v) is 18.6. The first-order chi connectivity index (χ1) is 14.7. The number of likely N-dealkylation sites (tertiary alicyclic amines) is 2. The molecule has 2 aromatic rings. The highest BCUT2D eigenvalue weighted by atomic mass is 32.2. The van der Waals surface area contributed by atoms with Crippen LogP contribution in [-0.4, -0.2) is 56.3 Å². The van der Waals surface area contributed by atoms with Crippen molar-refractivity contribution in [3.63, 3.8) is 0 Å². The quantitative estimate of drug-likeness (QED) is 0.524. The maximum Gasteiger partial charge on any atom is 0.255 e. The van der Waals surface area contributed by atoms with Crippen molar-refractivity contribution in [2.45, 2.75) is 56.9 Å². The van der Waals surface area contributed by atoms with Crippen molar-refractivity contribution < 1.29 is 0 Å². The molecule has 3 aliphatic heterocycles. The molecule has 7 heteroatoms. The normalized spacial score (nSPS) is 24.2. The number of pyridine rings is 1. The summed E-state index contributed by atoms with van der Waals surface area (Å²) in [5.41, 5.74) is 3.63. The minimum atomic E-state index is 0.250. The van der Waals surface area contributed by atoms with Crippen LogP contribution in [0.1, 0.15) is 48.9 Å². The summed E-state index contributed by atoms with van der Waals surface area (Å²) in [6, 6.07) is 4.33. The number of nitrogens with zero attached hydrogens (tertiary/aromatic N) is 5. The van der Waals surface area contributed by atoms with E-state index in [1.807, 2.05) is 12.4 Å². The van der Waals surface area contributed by atoms with Crippen LogP contribution >= 0.6 is 11.8 Å². The molecule has 2 atom stereocenters. The average Bonchev–Trinajstić information content (AvgIpc) is 3.25. The molecule has 2 saturated heterocycles. The molecule has 2 bridgehead atoms. The van der Waals surface area contributed by atoms with Gasteiger partial charge in [0.1, 0.15) is 0 Å². The molecule has 0 aliphatic carbocycles. The summed E-state index contributed by atoms with van der Waals surface area (Å²) in [6.45, 7) is 8.99. The zero-order valence-electron chi connectivity index (χ0n) is 17.8. The monoisotopic (exact) mass is 425 g/mol. The van der Waals surface area contributed by atoms with Gasteiger partial charge >= 0.3 is 0 Å². The maximum absolute atomic E-state index is 13.2. The Balaban J connectivity index is 1.29. The van der Waals surface area contributed by atoms with Crippen molar-refractivity contribution in [1.29, 1.82) is 0 Å². The van der Waals surface area contributed by atoms with E-state index in [1.54, 1.807) is 11.8 Å². The number of fused-ring (bicyclic) bond motifs is 4. The van der Waals surface area contributed by atoms with Crippen molar-refractivity contribution in [1.82, 2.24) is 24.3 Å². The molecule has 3 aliphatic rings. The standard InChI is InChI=1S/C23H31N5OS/c1-2-30-23-24-10-18(11-25-23)13-27-12-17-9-20(16-27)21-6-5-19(22(29)28(21)14-17)15-26-7-3-4-8-26/h5-6,10-11,17,20H,2-4,7-9,12-16H2,1H3/t17-,20+/m0/s1. The molecule has 30 heavy (non-hydrogen) atoms. The Morgan fingerprint density at radius 3 is 2.60 bits per heavy atom. The van der Waals surface area contributed by atoms with E-state index in [-0.39, 0.29) is 5.56 Å². The van der Waals surface area contributed by atoms with Crippen molar-refractivity contribution in [3.8, 4) is 0 Å². The zero-order chi connectivity index (χ0) is 20.5. The Morgan fingerprint density at radius 1 is 1.03 bits per heavy atom. The smallest absolute Gasteiger partial charge is 0.255 e. The maximum atomic E-state index is 13.2. The van der Waals surface area contributed by atoms with E-state index in [0.29, 0.717) is 11.8 Å². The summed E-state index contributed by atoms with van der Waals surface area (Å²) in [6.07, 6.45) is 7.66. The number of rotatable bonds is 6. The topological polar surface area (TPSA) is 54.3 Å². The number of piperidine rings is 1. The molecule has 2 aromatic heterocycles. The van der Waals surface area contributed by atoms with Crippen LogP contribution in [0.15, 0.2) is 34.5 Å². The molecule has 160 valence electrons. The van der Waals surface area contributed by atoms with Crippen LogP contribution in [0.4, 0.5) is 0 Å². The van der Waals surface area contributed by atoms with Gasteiger partial charge in [0.15, 0.2) is 5.16 Å². The molecule has 5 rings (SSSR count). The van der Waals surface area contributed by atoms with Crippen LogP contribution in [0.3, 0.4) is 0 Å². The van der Waals surface area contributed by atoms with E-state index < -0.39 is 0 Å². The lowest BCUT2D eigenvalue weighted by Gasteiger charge is -2.43. The summed E-state index contributed by atoms with van der Waals surface area (Å²) < 4.78 is 2.10. The van der Waals surface area contributed by atoms with Crippen LogP contribution < -0.4 is 5.56 Å². The fraction of sp³-hybridized carbons (Fsp3) is 0.609. The van der Waals surface area contributed by atoms with Gasteiger partial charge in [-0.3, -0.25) is 14.6 Å². The molecule has 0 amide bonds. The van der Waals surface area contributed by atoms with Gasteiger partial charge in [0.05, 0.1) is 0 Å². The fourth-order valence-corrected chi connectivity index (χ4v) is 5.92.